The molecule has 0 rings (SSSR count). The number of hydrogen-bond acceptors (Lipinski definition) is 4. The van der Waals surface area contributed by atoms with E-state index in [1.54, 1.807) is 7.11 Å². The third-order valence-corrected chi connectivity index (χ3v) is 3.16. The van der Waals surface area contributed by atoms with Crippen LogP contribution < -0.4 is 11.1 Å². The smallest absolute Gasteiger partial charge is 0.0766 e. The molecule has 16 heavy (non-hydrogen) atoms. The van der Waals surface area contributed by atoms with Crippen LogP contribution in [0.2, 0.25) is 0 Å². The van der Waals surface area contributed by atoms with E-state index >= 15 is 0 Å². The first-order valence-electron chi connectivity index (χ1n) is 6.26. The zero-order chi connectivity index (χ0) is 12.4. The highest BCUT2D eigenvalue weighted by atomic mass is 16.5. The normalized spacial score (nSPS) is 14.1. The number of ether oxygens (including phenoxy) is 1. The third kappa shape index (κ3) is 6.43. The Bertz CT molecular complexity index is 161. The van der Waals surface area contributed by atoms with Gasteiger partial charge in [-0.2, -0.15) is 0 Å². The SMILES string of the molecule is CCC(O)(CC)CNC(CCCN)COC. The van der Waals surface area contributed by atoms with Gasteiger partial charge in [-0.15, -0.1) is 0 Å². The summed E-state index contributed by atoms with van der Waals surface area (Å²) in [5.41, 5.74) is 4.90. The molecule has 0 aliphatic carbocycles. The monoisotopic (exact) mass is 232 g/mol. The Balaban J connectivity index is 3.98. The van der Waals surface area contributed by atoms with Crippen LogP contribution in [0.3, 0.4) is 0 Å². The van der Waals surface area contributed by atoms with Gasteiger partial charge in [0.15, 0.2) is 0 Å². The summed E-state index contributed by atoms with van der Waals surface area (Å²) in [5.74, 6) is 0. The highest BCUT2D eigenvalue weighted by Crippen LogP contribution is 2.13. The molecular weight excluding hydrogens is 204 g/mol. The molecule has 0 fully saturated rings. The van der Waals surface area contributed by atoms with E-state index in [-0.39, 0.29) is 6.04 Å². The predicted octanol–water partition coefficient (Wildman–Crippen LogP) is 0.881. The van der Waals surface area contributed by atoms with Gasteiger partial charge >= 0.3 is 0 Å². The molecule has 1 atom stereocenters. The van der Waals surface area contributed by atoms with E-state index in [2.05, 4.69) is 5.32 Å². The van der Waals surface area contributed by atoms with E-state index < -0.39 is 5.60 Å². The summed E-state index contributed by atoms with van der Waals surface area (Å²) in [6.45, 7) is 6.02. The Kier molecular flexibility index (Phi) is 8.84. The van der Waals surface area contributed by atoms with Gasteiger partial charge in [-0.1, -0.05) is 13.8 Å². The van der Waals surface area contributed by atoms with Crippen LogP contribution in [0.4, 0.5) is 0 Å². The fraction of sp³-hybridized carbons (Fsp3) is 1.00. The van der Waals surface area contributed by atoms with E-state index in [9.17, 15) is 5.11 Å². The van der Waals surface area contributed by atoms with E-state index in [1.807, 2.05) is 13.8 Å². The Hall–Kier alpha value is -0.160. The second-order valence-electron chi connectivity index (χ2n) is 4.40. The molecule has 4 heteroatoms. The molecule has 0 aliphatic heterocycles. The molecule has 0 spiro atoms. The van der Waals surface area contributed by atoms with E-state index in [0.29, 0.717) is 19.7 Å². The summed E-state index contributed by atoms with van der Waals surface area (Å²) in [6, 6.07) is 0.290. The van der Waals surface area contributed by atoms with Gasteiger partial charge in [0.1, 0.15) is 0 Å². The average Bonchev–Trinajstić information content (AvgIpc) is 2.32. The zero-order valence-corrected chi connectivity index (χ0v) is 11.0. The summed E-state index contributed by atoms with van der Waals surface area (Å²) in [4.78, 5) is 0. The first kappa shape index (κ1) is 15.8. The highest BCUT2D eigenvalue weighted by molar-refractivity contribution is 4.80. The van der Waals surface area contributed by atoms with Crippen molar-refractivity contribution in [1.29, 1.82) is 0 Å². The summed E-state index contributed by atoms with van der Waals surface area (Å²) < 4.78 is 5.15. The quantitative estimate of drug-likeness (QED) is 0.523. The maximum Gasteiger partial charge on any atom is 0.0766 e. The van der Waals surface area contributed by atoms with Gasteiger partial charge in [0.2, 0.25) is 0 Å². The van der Waals surface area contributed by atoms with Crippen molar-refractivity contribution >= 4 is 0 Å². The molecule has 0 radical (unpaired) electrons. The lowest BCUT2D eigenvalue weighted by atomic mass is 9.97. The Labute approximate surface area is 99.6 Å². The Morgan fingerprint density at radius 1 is 1.38 bits per heavy atom. The van der Waals surface area contributed by atoms with E-state index in [1.165, 1.54) is 0 Å². The van der Waals surface area contributed by atoms with Gasteiger partial charge in [0.05, 0.1) is 12.2 Å². The van der Waals surface area contributed by atoms with Crippen LogP contribution in [0, 0.1) is 0 Å². The van der Waals surface area contributed by atoms with Gasteiger partial charge in [0, 0.05) is 19.7 Å². The molecule has 0 aromatic rings. The maximum atomic E-state index is 10.1. The van der Waals surface area contributed by atoms with E-state index in [4.69, 9.17) is 10.5 Å². The number of nitrogens with two attached hydrogens (primary N) is 1. The molecule has 0 aliphatic rings. The van der Waals surface area contributed by atoms with Crippen LogP contribution in [0.1, 0.15) is 39.5 Å². The Morgan fingerprint density at radius 2 is 2.00 bits per heavy atom. The van der Waals surface area contributed by atoms with Crippen LogP contribution in [-0.4, -0.2) is 43.6 Å². The fourth-order valence-electron chi connectivity index (χ4n) is 1.64. The van der Waals surface area contributed by atoms with Crippen molar-refractivity contribution in [3.05, 3.63) is 0 Å². The lowest BCUT2D eigenvalue weighted by Crippen LogP contribution is -2.45. The van der Waals surface area contributed by atoms with Crippen molar-refractivity contribution in [2.75, 3.05) is 26.8 Å². The molecule has 1 unspecified atom stereocenters. The molecule has 4 nitrogen and oxygen atoms in total. The fourth-order valence-corrected chi connectivity index (χ4v) is 1.64. The van der Waals surface area contributed by atoms with Crippen molar-refractivity contribution in [3.63, 3.8) is 0 Å². The second-order valence-corrected chi connectivity index (χ2v) is 4.40. The topological polar surface area (TPSA) is 67.5 Å². The Morgan fingerprint density at radius 3 is 2.44 bits per heavy atom. The van der Waals surface area contributed by atoms with Crippen molar-refractivity contribution in [2.45, 2.75) is 51.2 Å². The van der Waals surface area contributed by atoms with Crippen molar-refractivity contribution in [1.82, 2.24) is 5.32 Å². The van der Waals surface area contributed by atoms with Crippen LogP contribution in [0.5, 0.6) is 0 Å². The molecular formula is C12H28N2O2. The van der Waals surface area contributed by atoms with Gasteiger partial charge in [0.25, 0.3) is 0 Å². The third-order valence-electron chi connectivity index (χ3n) is 3.16. The van der Waals surface area contributed by atoms with Gasteiger partial charge in [-0.25, -0.2) is 0 Å². The van der Waals surface area contributed by atoms with Crippen molar-refractivity contribution in [2.24, 2.45) is 5.73 Å². The van der Waals surface area contributed by atoms with Crippen LogP contribution in [0.15, 0.2) is 0 Å². The minimum Gasteiger partial charge on any atom is -0.389 e. The summed E-state index contributed by atoms with van der Waals surface area (Å²) in [6.07, 6.45) is 3.52. The lowest BCUT2D eigenvalue weighted by Gasteiger charge is -2.28. The summed E-state index contributed by atoms with van der Waals surface area (Å²) >= 11 is 0. The molecule has 0 heterocycles. The zero-order valence-electron chi connectivity index (χ0n) is 11.0. The lowest BCUT2D eigenvalue weighted by molar-refractivity contribution is 0.0259. The van der Waals surface area contributed by atoms with Crippen LogP contribution in [-0.2, 0) is 4.74 Å². The van der Waals surface area contributed by atoms with Gasteiger partial charge in [-0.05, 0) is 32.2 Å². The van der Waals surface area contributed by atoms with Gasteiger partial charge < -0.3 is 20.9 Å². The highest BCUT2D eigenvalue weighted by Gasteiger charge is 2.23. The summed E-state index contributed by atoms with van der Waals surface area (Å²) in [5, 5.41) is 13.5. The molecule has 0 aromatic carbocycles. The standard InChI is InChI=1S/C12H28N2O2/c1-4-12(15,5-2)10-14-11(9-16-3)7-6-8-13/h11,14-15H,4-10,13H2,1-3H3. The minimum absolute atomic E-state index is 0.290. The average molecular weight is 232 g/mol. The van der Waals surface area contributed by atoms with Crippen molar-refractivity contribution < 1.29 is 9.84 Å². The number of rotatable bonds is 10. The number of nitrogens with one attached hydrogen (secondary N) is 1. The largest absolute Gasteiger partial charge is 0.389 e. The molecule has 98 valence electrons. The molecule has 0 saturated carbocycles. The molecule has 0 bridgehead atoms. The van der Waals surface area contributed by atoms with Crippen LogP contribution >= 0.6 is 0 Å². The molecule has 4 N–H and O–H groups in total. The van der Waals surface area contributed by atoms with Crippen molar-refractivity contribution in [3.8, 4) is 0 Å². The van der Waals surface area contributed by atoms with E-state index in [0.717, 1.165) is 25.7 Å². The molecule has 0 saturated heterocycles. The molecule has 0 amide bonds. The maximum absolute atomic E-state index is 10.1. The van der Waals surface area contributed by atoms with Crippen LogP contribution in [0.25, 0.3) is 0 Å². The number of aliphatic hydroxyl groups is 1. The minimum atomic E-state index is -0.589. The summed E-state index contributed by atoms with van der Waals surface area (Å²) in [7, 11) is 1.70. The predicted molar refractivity (Wildman–Crippen MR) is 67.5 cm³/mol. The number of methoxy groups -OCH3 is 1. The molecule has 0 aromatic heterocycles. The number of hydrogen-bond donors (Lipinski definition) is 3. The first-order chi connectivity index (χ1) is 7.61. The first-order valence-corrected chi connectivity index (χ1v) is 6.26. The van der Waals surface area contributed by atoms with Gasteiger partial charge in [-0.3, -0.25) is 0 Å². The second kappa shape index (κ2) is 8.93.